The van der Waals surface area contributed by atoms with E-state index in [1.165, 1.54) is 4.90 Å². The number of halogens is 1. The van der Waals surface area contributed by atoms with Crippen molar-refractivity contribution in [1.82, 2.24) is 9.80 Å². The summed E-state index contributed by atoms with van der Waals surface area (Å²) in [6.45, 7) is 9.17. The quantitative estimate of drug-likeness (QED) is 0.680. The van der Waals surface area contributed by atoms with E-state index in [9.17, 15) is 9.59 Å². The predicted molar refractivity (Wildman–Crippen MR) is 95.3 cm³/mol. The Morgan fingerprint density at radius 3 is 1.91 bits per heavy atom. The predicted octanol–water partition coefficient (Wildman–Crippen LogP) is 3.61. The third kappa shape index (κ3) is 4.33. The van der Waals surface area contributed by atoms with Crippen LogP contribution in [0.5, 0.6) is 0 Å². The van der Waals surface area contributed by atoms with Crippen molar-refractivity contribution in [3.05, 3.63) is 35.4 Å². The van der Waals surface area contributed by atoms with Gasteiger partial charge in [-0.15, -0.1) is 12.4 Å². The molecule has 1 aromatic carbocycles. The fraction of sp³-hybridized carbons (Fsp3) is 0.556. The molecule has 0 aromatic heterocycles. The van der Waals surface area contributed by atoms with E-state index in [-0.39, 0.29) is 24.2 Å². The lowest BCUT2D eigenvalue weighted by atomic mass is 10.1. The maximum absolute atomic E-state index is 12.3. The lowest BCUT2D eigenvalue weighted by Gasteiger charge is -2.29. The van der Waals surface area contributed by atoms with E-state index >= 15 is 0 Å². The van der Waals surface area contributed by atoms with Crippen LogP contribution in [0.25, 0.3) is 0 Å². The number of fused-ring (bicyclic) bond motifs is 1. The van der Waals surface area contributed by atoms with Crippen LogP contribution in [0.4, 0.5) is 0 Å². The average molecular weight is 339 g/mol. The van der Waals surface area contributed by atoms with Crippen molar-refractivity contribution < 1.29 is 9.59 Å². The molecule has 2 rings (SSSR count). The summed E-state index contributed by atoms with van der Waals surface area (Å²) in [6, 6.07) is 7.46. The number of benzene rings is 1. The molecular formula is C18H27ClN2O2. The van der Waals surface area contributed by atoms with Crippen molar-refractivity contribution in [2.75, 3.05) is 19.6 Å². The van der Waals surface area contributed by atoms with Gasteiger partial charge in [-0.25, -0.2) is 0 Å². The molecular weight excluding hydrogens is 312 g/mol. The third-order valence-corrected chi connectivity index (χ3v) is 4.29. The van der Waals surface area contributed by atoms with Crippen LogP contribution in [-0.2, 0) is 0 Å². The zero-order chi connectivity index (χ0) is 16.1. The Labute approximate surface area is 145 Å². The summed E-state index contributed by atoms with van der Waals surface area (Å²) in [6.07, 6.45) is 3.07. The third-order valence-electron chi connectivity index (χ3n) is 4.29. The van der Waals surface area contributed by atoms with Crippen LogP contribution >= 0.6 is 12.4 Å². The average Bonchev–Trinajstić information content (AvgIpc) is 2.77. The first-order valence-electron chi connectivity index (χ1n) is 8.29. The van der Waals surface area contributed by atoms with Crippen LogP contribution in [0.2, 0.25) is 0 Å². The second-order valence-corrected chi connectivity index (χ2v) is 5.98. The zero-order valence-electron chi connectivity index (χ0n) is 14.2. The van der Waals surface area contributed by atoms with Crippen LogP contribution in [0.15, 0.2) is 24.3 Å². The van der Waals surface area contributed by atoms with Crippen LogP contribution in [-0.4, -0.2) is 47.3 Å². The van der Waals surface area contributed by atoms with Crippen LogP contribution in [0.3, 0.4) is 0 Å². The SMILES string of the molecule is CCCN(CCC)C(C)CCN1C(=O)c2ccccc2C1=O.Cl. The molecule has 23 heavy (non-hydrogen) atoms. The van der Waals surface area contributed by atoms with Gasteiger partial charge in [0.25, 0.3) is 11.8 Å². The second kappa shape index (κ2) is 9.04. The van der Waals surface area contributed by atoms with Gasteiger partial charge in [0.05, 0.1) is 11.1 Å². The standard InChI is InChI=1S/C18H26N2O2.ClH/c1-4-11-19(12-5-2)14(3)10-13-20-17(21)15-8-6-7-9-16(15)18(20)22;/h6-9,14H,4-5,10-13H2,1-3H3;1H. The number of hydrogen-bond acceptors (Lipinski definition) is 3. The summed E-state index contributed by atoms with van der Waals surface area (Å²) in [7, 11) is 0. The number of rotatable bonds is 8. The molecule has 1 atom stereocenters. The van der Waals surface area contributed by atoms with E-state index < -0.39 is 0 Å². The van der Waals surface area contributed by atoms with Gasteiger partial charge in [0, 0.05) is 12.6 Å². The molecule has 0 bridgehead atoms. The van der Waals surface area contributed by atoms with Gasteiger partial charge >= 0.3 is 0 Å². The van der Waals surface area contributed by atoms with Gasteiger partial charge in [-0.3, -0.25) is 14.5 Å². The molecule has 0 saturated heterocycles. The number of amides is 2. The minimum absolute atomic E-state index is 0. The monoisotopic (exact) mass is 338 g/mol. The van der Waals surface area contributed by atoms with Crippen LogP contribution in [0, 0.1) is 0 Å². The van der Waals surface area contributed by atoms with Gasteiger partial charge in [0.1, 0.15) is 0 Å². The summed E-state index contributed by atoms with van der Waals surface area (Å²) in [5.74, 6) is -0.296. The van der Waals surface area contributed by atoms with Gasteiger partial charge < -0.3 is 4.90 Å². The number of imide groups is 1. The van der Waals surface area contributed by atoms with Crippen molar-refractivity contribution in [3.63, 3.8) is 0 Å². The van der Waals surface area contributed by atoms with E-state index in [0.717, 1.165) is 32.4 Å². The first-order valence-corrected chi connectivity index (χ1v) is 8.29. The first kappa shape index (κ1) is 19.7. The van der Waals surface area contributed by atoms with Gasteiger partial charge in [-0.05, 0) is 51.4 Å². The number of hydrogen-bond donors (Lipinski definition) is 0. The molecule has 4 nitrogen and oxygen atoms in total. The highest BCUT2D eigenvalue weighted by molar-refractivity contribution is 6.21. The lowest BCUT2D eigenvalue weighted by Crippen LogP contribution is -2.39. The Bertz CT molecular complexity index is 507. The fourth-order valence-corrected chi connectivity index (χ4v) is 3.07. The molecule has 1 unspecified atom stereocenters. The Morgan fingerprint density at radius 1 is 1.00 bits per heavy atom. The molecule has 1 aliphatic heterocycles. The molecule has 0 N–H and O–H groups in total. The summed E-state index contributed by atoms with van der Waals surface area (Å²) >= 11 is 0. The lowest BCUT2D eigenvalue weighted by molar-refractivity contribution is 0.0636. The Morgan fingerprint density at radius 2 is 1.48 bits per heavy atom. The molecule has 128 valence electrons. The highest BCUT2D eigenvalue weighted by atomic mass is 35.5. The molecule has 1 aliphatic rings. The van der Waals surface area contributed by atoms with Crippen molar-refractivity contribution in [1.29, 1.82) is 0 Å². The van der Waals surface area contributed by atoms with Gasteiger partial charge in [0.2, 0.25) is 0 Å². The Kier molecular flexibility index (Phi) is 7.73. The summed E-state index contributed by atoms with van der Waals surface area (Å²) in [5, 5.41) is 0. The minimum atomic E-state index is -0.148. The van der Waals surface area contributed by atoms with E-state index in [2.05, 4.69) is 25.7 Å². The second-order valence-electron chi connectivity index (χ2n) is 5.98. The van der Waals surface area contributed by atoms with Crippen molar-refractivity contribution in [3.8, 4) is 0 Å². The number of carbonyl (C=O) groups is 2. The minimum Gasteiger partial charge on any atom is -0.301 e. The smallest absolute Gasteiger partial charge is 0.261 e. The van der Waals surface area contributed by atoms with E-state index in [4.69, 9.17) is 0 Å². The van der Waals surface area contributed by atoms with Gasteiger partial charge in [0.15, 0.2) is 0 Å². The number of carbonyl (C=O) groups excluding carboxylic acids is 2. The highest BCUT2D eigenvalue weighted by Gasteiger charge is 2.34. The normalized spacial score (nSPS) is 14.9. The van der Waals surface area contributed by atoms with Gasteiger partial charge in [-0.2, -0.15) is 0 Å². The Balaban J connectivity index is 0.00000264. The van der Waals surface area contributed by atoms with Crippen LogP contribution < -0.4 is 0 Å². The summed E-state index contributed by atoms with van der Waals surface area (Å²) in [5.41, 5.74) is 1.08. The maximum Gasteiger partial charge on any atom is 0.261 e. The Hall–Kier alpha value is -1.39. The molecule has 0 aliphatic carbocycles. The summed E-state index contributed by atoms with van der Waals surface area (Å²) in [4.78, 5) is 28.5. The topological polar surface area (TPSA) is 40.6 Å². The molecule has 0 radical (unpaired) electrons. The molecule has 0 spiro atoms. The molecule has 0 fully saturated rings. The van der Waals surface area contributed by atoms with Crippen molar-refractivity contribution in [2.45, 2.75) is 46.1 Å². The molecule has 1 heterocycles. The highest BCUT2D eigenvalue weighted by Crippen LogP contribution is 2.23. The van der Waals surface area contributed by atoms with Gasteiger partial charge in [-0.1, -0.05) is 26.0 Å². The number of nitrogens with zero attached hydrogens (tertiary/aromatic N) is 2. The maximum atomic E-state index is 12.3. The van der Waals surface area contributed by atoms with Crippen LogP contribution in [0.1, 0.15) is 60.7 Å². The van der Waals surface area contributed by atoms with Crippen molar-refractivity contribution in [2.24, 2.45) is 0 Å². The van der Waals surface area contributed by atoms with Crippen molar-refractivity contribution >= 4 is 24.2 Å². The molecule has 5 heteroatoms. The van der Waals surface area contributed by atoms with E-state index in [1.807, 2.05) is 0 Å². The summed E-state index contributed by atoms with van der Waals surface area (Å²) < 4.78 is 0. The zero-order valence-corrected chi connectivity index (χ0v) is 15.1. The largest absolute Gasteiger partial charge is 0.301 e. The van der Waals surface area contributed by atoms with E-state index in [1.54, 1.807) is 24.3 Å². The molecule has 2 amide bonds. The van der Waals surface area contributed by atoms with E-state index in [0.29, 0.717) is 23.7 Å². The molecule has 1 aromatic rings. The first-order chi connectivity index (χ1) is 10.6. The fourth-order valence-electron chi connectivity index (χ4n) is 3.07. The molecule has 0 saturated carbocycles.